The molecule has 3 rings (SSSR count). The number of phenols is 1. The van der Waals surface area contributed by atoms with Crippen molar-refractivity contribution < 1.29 is 15.7 Å². The Bertz CT molecular complexity index is 989. The van der Waals surface area contributed by atoms with Gasteiger partial charge in [-0.1, -0.05) is 29.8 Å². The fourth-order valence-electron chi connectivity index (χ4n) is 2.47. The molecule has 0 saturated heterocycles. The predicted octanol–water partition coefficient (Wildman–Crippen LogP) is 5.26. The number of thiophene rings is 1. The molecule has 6 heteroatoms. The lowest BCUT2D eigenvalue weighted by atomic mass is 10.1. The Hall–Kier alpha value is -2.11. The Balaban J connectivity index is 2.16. The first-order valence-electron chi connectivity index (χ1n) is 7.74. The number of nitrogens with zero attached hydrogens (tertiary/aromatic N) is 1. The number of aryl methyl sites for hydroxylation is 1. The Morgan fingerprint density at radius 1 is 1.46 bits per heavy atom. The minimum atomic E-state index is -0.409. The van der Waals surface area contributed by atoms with Crippen LogP contribution in [0.15, 0.2) is 36.4 Å². The number of carbonyl (C=O) groups excluding carboxylic acids is 1. The van der Waals surface area contributed by atoms with Gasteiger partial charge in [0.05, 0.1) is 17.6 Å². The van der Waals surface area contributed by atoms with Crippen LogP contribution in [-0.2, 0) is 11.3 Å². The second kappa shape index (κ2) is 6.42. The predicted molar refractivity (Wildman–Crippen MR) is 96.5 cm³/mol. The molecule has 1 N–H and O–H groups in total. The standard InChI is InChI=1S/C18H15ClFNO2S/c1-10-7-15(23)17(19)18-13(10)8-16(24-18)21(11(2)22)9-12-5-3-4-6-14(12)20/h3-8,23H,9H2,1-2H3/i8D. The van der Waals surface area contributed by atoms with Crippen LogP contribution in [-0.4, -0.2) is 11.0 Å². The molecule has 0 bridgehead atoms. The van der Waals surface area contributed by atoms with Gasteiger partial charge >= 0.3 is 0 Å². The highest BCUT2D eigenvalue weighted by atomic mass is 35.5. The molecule has 0 aliphatic carbocycles. The van der Waals surface area contributed by atoms with Crippen molar-refractivity contribution in [2.75, 3.05) is 4.90 Å². The molecule has 24 heavy (non-hydrogen) atoms. The van der Waals surface area contributed by atoms with Crippen molar-refractivity contribution >= 4 is 43.9 Å². The van der Waals surface area contributed by atoms with Crippen molar-refractivity contribution in [1.29, 1.82) is 0 Å². The summed E-state index contributed by atoms with van der Waals surface area (Å²) in [5.74, 6) is -0.780. The van der Waals surface area contributed by atoms with Gasteiger partial charge in [-0.25, -0.2) is 4.39 Å². The van der Waals surface area contributed by atoms with Crippen molar-refractivity contribution in [3.8, 4) is 5.75 Å². The minimum absolute atomic E-state index is 0.0172. The molecular formula is C18H15ClFNO2S. The fraction of sp³-hybridized carbons (Fsp3) is 0.167. The second-order valence-corrected chi connectivity index (χ2v) is 6.84. The Labute approximate surface area is 149 Å². The molecule has 0 unspecified atom stereocenters. The van der Waals surface area contributed by atoms with Gasteiger partial charge in [-0.3, -0.25) is 9.69 Å². The summed E-state index contributed by atoms with van der Waals surface area (Å²) in [5.41, 5.74) is 1.05. The third-order valence-corrected chi connectivity index (χ3v) is 5.36. The van der Waals surface area contributed by atoms with E-state index >= 15 is 0 Å². The number of rotatable bonds is 3. The monoisotopic (exact) mass is 364 g/mol. The number of amides is 1. The van der Waals surface area contributed by atoms with Crippen molar-refractivity contribution in [1.82, 2.24) is 0 Å². The topological polar surface area (TPSA) is 40.5 Å². The number of fused-ring (bicyclic) bond motifs is 1. The fourth-order valence-corrected chi connectivity index (χ4v) is 3.89. The number of hydrogen-bond donors (Lipinski definition) is 1. The minimum Gasteiger partial charge on any atom is -0.506 e. The highest BCUT2D eigenvalue weighted by Gasteiger charge is 2.19. The summed E-state index contributed by atoms with van der Waals surface area (Å²) in [6, 6.07) is 7.85. The molecule has 0 aliphatic heterocycles. The average Bonchev–Trinajstić information content (AvgIpc) is 2.89. The molecule has 0 atom stereocenters. The van der Waals surface area contributed by atoms with E-state index in [0.29, 0.717) is 26.2 Å². The summed E-state index contributed by atoms with van der Waals surface area (Å²) in [6.45, 7) is 3.15. The molecule has 124 valence electrons. The summed E-state index contributed by atoms with van der Waals surface area (Å²) >= 11 is 7.31. The van der Waals surface area contributed by atoms with Gasteiger partial charge in [0.25, 0.3) is 0 Å². The summed E-state index contributed by atoms with van der Waals surface area (Å²) < 4.78 is 23.0. The van der Waals surface area contributed by atoms with E-state index in [1.807, 2.05) is 0 Å². The Morgan fingerprint density at radius 2 is 2.17 bits per heavy atom. The third kappa shape index (κ3) is 2.97. The van der Waals surface area contributed by atoms with Crippen LogP contribution < -0.4 is 4.90 Å². The SMILES string of the molecule is [2H]c1c(N(Cc2ccccc2F)C(C)=O)sc2c(Cl)c(O)cc(C)c12. The van der Waals surface area contributed by atoms with Crippen LogP contribution in [0.1, 0.15) is 19.4 Å². The molecule has 1 amide bonds. The van der Waals surface area contributed by atoms with Crippen LogP contribution >= 0.6 is 22.9 Å². The lowest BCUT2D eigenvalue weighted by Gasteiger charge is -2.19. The highest BCUT2D eigenvalue weighted by molar-refractivity contribution is 7.23. The average molecular weight is 365 g/mol. The zero-order chi connectivity index (χ0) is 18.3. The van der Waals surface area contributed by atoms with Gasteiger partial charge in [0.15, 0.2) is 0 Å². The van der Waals surface area contributed by atoms with E-state index in [-0.39, 0.29) is 29.3 Å². The van der Waals surface area contributed by atoms with E-state index in [9.17, 15) is 14.3 Å². The molecule has 1 heterocycles. The van der Waals surface area contributed by atoms with Crippen molar-refractivity contribution in [2.24, 2.45) is 0 Å². The lowest BCUT2D eigenvalue weighted by Crippen LogP contribution is -2.27. The molecule has 0 aliphatic rings. The van der Waals surface area contributed by atoms with Crippen LogP contribution in [0.5, 0.6) is 5.75 Å². The third-order valence-electron chi connectivity index (χ3n) is 3.74. The maximum Gasteiger partial charge on any atom is 0.224 e. The molecule has 0 spiro atoms. The molecule has 2 aromatic carbocycles. The highest BCUT2D eigenvalue weighted by Crippen LogP contribution is 2.43. The van der Waals surface area contributed by atoms with Crippen LogP contribution in [0.4, 0.5) is 9.39 Å². The zero-order valence-electron chi connectivity index (χ0n) is 14.1. The number of halogens is 2. The van der Waals surface area contributed by atoms with Gasteiger partial charge in [0.2, 0.25) is 5.91 Å². The van der Waals surface area contributed by atoms with Gasteiger partial charge in [0, 0.05) is 12.5 Å². The molecule has 0 saturated carbocycles. The van der Waals surface area contributed by atoms with Crippen LogP contribution in [0.3, 0.4) is 0 Å². The Morgan fingerprint density at radius 3 is 2.83 bits per heavy atom. The van der Waals surface area contributed by atoms with Crippen LogP contribution in [0, 0.1) is 12.7 Å². The summed E-state index contributed by atoms with van der Waals surface area (Å²) in [7, 11) is 0. The maximum absolute atomic E-state index is 14.0. The first-order chi connectivity index (χ1) is 11.8. The quantitative estimate of drug-likeness (QED) is 0.688. The molecule has 3 aromatic rings. The molecule has 3 nitrogen and oxygen atoms in total. The normalized spacial score (nSPS) is 11.6. The number of hydrogen-bond acceptors (Lipinski definition) is 3. The van der Waals surface area contributed by atoms with E-state index in [1.165, 1.54) is 24.0 Å². The van der Waals surface area contributed by atoms with Gasteiger partial charge in [-0.2, -0.15) is 0 Å². The van der Waals surface area contributed by atoms with Gasteiger partial charge < -0.3 is 5.11 Å². The van der Waals surface area contributed by atoms with E-state index in [0.717, 1.165) is 11.3 Å². The molecule has 0 fully saturated rings. The molecule has 0 radical (unpaired) electrons. The van der Waals surface area contributed by atoms with Gasteiger partial charge in [0.1, 0.15) is 16.6 Å². The lowest BCUT2D eigenvalue weighted by molar-refractivity contribution is -0.116. The van der Waals surface area contributed by atoms with Gasteiger partial charge in [-0.05, 0) is 36.0 Å². The Kier molecular flexibility index (Phi) is 4.12. The number of anilines is 1. The van der Waals surface area contributed by atoms with Crippen molar-refractivity contribution in [3.05, 3.63) is 58.3 Å². The molecular weight excluding hydrogens is 349 g/mol. The number of benzene rings is 2. The van der Waals surface area contributed by atoms with E-state index < -0.39 is 5.82 Å². The van der Waals surface area contributed by atoms with Gasteiger partial charge in [-0.15, -0.1) is 11.3 Å². The summed E-state index contributed by atoms with van der Waals surface area (Å²) in [4.78, 5) is 13.5. The number of aromatic hydroxyl groups is 1. The van der Waals surface area contributed by atoms with E-state index in [2.05, 4.69) is 0 Å². The zero-order valence-corrected chi connectivity index (χ0v) is 14.6. The first kappa shape index (κ1) is 15.4. The smallest absolute Gasteiger partial charge is 0.224 e. The van der Waals surface area contributed by atoms with Crippen LogP contribution in [0.2, 0.25) is 5.02 Å². The largest absolute Gasteiger partial charge is 0.506 e. The second-order valence-electron chi connectivity index (χ2n) is 5.46. The summed E-state index contributed by atoms with van der Waals surface area (Å²) in [5, 5.41) is 11.0. The van der Waals surface area contributed by atoms with Crippen molar-refractivity contribution in [2.45, 2.75) is 20.4 Å². The van der Waals surface area contributed by atoms with Crippen LogP contribution in [0.25, 0.3) is 10.1 Å². The van der Waals surface area contributed by atoms with E-state index in [4.69, 9.17) is 13.0 Å². The van der Waals surface area contributed by atoms with Crippen molar-refractivity contribution in [3.63, 3.8) is 0 Å². The number of phenolic OH excluding ortho intramolecular Hbond substituents is 1. The first-order valence-corrected chi connectivity index (χ1v) is 8.43. The summed E-state index contributed by atoms with van der Waals surface area (Å²) in [6.07, 6.45) is 0. The van der Waals surface area contributed by atoms with E-state index in [1.54, 1.807) is 25.1 Å². The number of carbonyl (C=O) groups is 1. The molecule has 1 aromatic heterocycles. The maximum atomic E-state index is 14.0.